The fourth-order valence-corrected chi connectivity index (χ4v) is 1.18. The molecule has 4 nitrogen and oxygen atoms in total. The van der Waals surface area contributed by atoms with E-state index in [9.17, 15) is 13.6 Å². The molecule has 0 aliphatic carbocycles. The van der Waals surface area contributed by atoms with Crippen LogP contribution in [0.4, 0.5) is 14.5 Å². The Hall–Kier alpha value is -1.95. The summed E-state index contributed by atoms with van der Waals surface area (Å²) in [6.07, 6.45) is 1.40. The summed E-state index contributed by atoms with van der Waals surface area (Å²) in [5, 5.41) is 3.66. The molecule has 1 aromatic rings. The van der Waals surface area contributed by atoms with Crippen molar-refractivity contribution in [1.29, 1.82) is 0 Å². The van der Waals surface area contributed by atoms with Gasteiger partial charge in [0.1, 0.15) is 6.54 Å². The minimum Gasteiger partial charge on any atom is -0.322 e. The Bertz CT molecular complexity index is 423. The van der Waals surface area contributed by atoms with E-state index in [2.05, 4.69) is 17.3 Å². The first-order valence-corrected chi connectivity index (χ1v) is 4.89. The fourth-order valence-electron chi connectivity index (χ4n) is 1.18. The minimum atomic E-state index is -1.07. The summed E-state index contributed by atoms with van der Waals surface area (Å²) in [6.45, 7) is 3.41. The molecule has 0 aromatic heterocycles. The van der Waals surface area contributed by atoms with Crippen molar-refractivity contribution in [2.24, 2.45) is 0 Å². The predicted molar refractivity (Wildman–Crippen MR) is 61.0 cm³/mol. The number of hydrogen-bond donors (Lipinski definition) is 2. The Labute approximate surface area is 97.9 Å². The number of amides is 1. The molecule has 0 fully saturated rings. The molecule has 0 unspecified atom stereocenters. The zero-order valence-corrected chi connectivity index (χ0v) is 9.34. The zero-order valence-electron chi connectivity index (χ0n) is 9.34. The van der Waals surface area contributed by atoms with E-state index < -0.39 is 17.5 Å². The van der Waals surface area contributed by atoms with E-state index in [1.54, 1.807) is 7.05 Å². The van der Waals surface area contributed by atoms with Crippen LogP contribution < -0.4 is 10.7 Å². The number of carbonyl (C=O) groups excluding carboxylic acids is 1. The van der Waals surface area contributed by atoms with Gasteiger partial charge in [-0.1, -0.05) is 12.6 Å². The molecular weight excluding hydrogens is 228 g/mol. The second-order valence-electron chi connectivity index (χ2n) is 3.18. The van der Waals surface area contributed by atoms with Gasteiger partial charge in [0.25, 0.3) is 0 Å². The molecule has 0 spiro atoms. The quantitative estimate of drug-likeness (QED) is 0.767. The van der Waals surface area contributed by atoms with Crippen molar-refractivity contribution >= 4 is 11.6 Å². The van der Waals surface area contributed by atoms with Crippen LogP contribution >= 0.6 is 0 Å². The molecule has 0 atom stereocenters. The van der Waals surface area contributed by atoms with E-state index >= 15 is 0 Å². The molecule has 0 saturated carbocycles. The highest BCUT2D eigenvalue weighted by Gasteiger charge is 2.11. The van der Waals surface area contributed by atoms with Crippen molar-refractivity contribution < 1.29 is 13.6 Å². The van der Waals surface area contributed by atoms with Crippen molar-refractivity contribution in [2.75, 3.05) is 18.9 Å². The largest absolute Gasteiger partial charge is 0.322 e. The van der Waals surface area contributed by atoms with Crippen LogP contribution in [-0.2, 0) is 4.79 Å². The Kier molecular flexibility index (Phi) is 4.59. The highest BCUT2D eigenvalue weighted by molar-refractivity contribution is 5.92. The van der Waals surface area contributed by atoms with E-state index in [0.29, 0.717) is 0 Å². The van der Waals surface area contributed by atoms with Gasteiger partial charge >= 0.3 is 0 Å². The highest BCUT2D eigenvalue weighted by Crippen LogP contribution is 2.16. The molecule has 17 heavy (non-hydrogen) atoms. The van der Waals surface area contributed by atoms with Crippen LogP contribution in [0.25, 0.3) is 0 Å². The van der Waals surface area contributed by atoms with Crippen molar-refractivity contribution in [3.8, 4) is 0 Å². The van der Waals surface area contributed by atoms with E-state index in [4.69, 9.17) is 0 Å². The molecule has 0 aliphatic heterocycles. The molecule has 1 amide bonds. The Morgan fingerprint density at radius 3 is 2.82 bits per heavy atom. The van der Waals surface area contributed by atoms with Crippen LogP contribution in [0.1, 0.15) is 0 Å². The topological polar surface area (TPSA) is 44.4 Å². The van der Waals surface area contributed by atoms with Crippen molar-refractivity contribution in [3.63, 3.8) is 0 Å². The van der Waals surface area contributed by atoms with Crippen LogP contribution in [0.15, 0.2) is 31.0 Å². The van der Waals surface area contributed by atoms with Gasteiger partial charge in [-0.2, -0.15) is 0 Å². The second kappa shape index (κ2) is 5.95. The van der Waals surface area contributed by atoms with Crippen LogP contribution in [0.3, 0.4) is 0 Å². The van der Waals surface area contributed by atoms with E-state index in [1.807, 2.05) is 0 Å². The van der Waals surface area contributed by atoms with E-state index in [1.165, 1.54) is 23.3 Å². The standard InChI is InChI=1S/C11H13F2N3O/c1-3-16(14-2)7-10(17)15-9-6-4-5-8(12)11(9)13/h3-6,14H,1,7H2,2H3,(H,15,17). The second-order valence-corrected chi connectivity index (χ2v) is 3.18. The lowest BCUT2D eigenvalue weighted by Gasteiger charge is -2.17. The molecule has 0 bridgehead atoms. The van der Waals surface area contributed by atoms with E-state index in [0.717, 1.165) is 6.07 Å². The molecule has 2 N–H and O–H groups in total. The normalized spacial score (nSPS) is 9.82. The number of nitrogens with zero attached hydrogens (tertiary/aromatic N) is 1. The summed E-state index contributed by atoms with van der Waals surface area (Å²) in [4.78, 5) is 11.5. The third-order valence-electron chi connectivity index (χ3n) is 2.05. The van der Waals surface area contributed by atoms with Gasteiger partial charge in [-0.15, -0.1) is 0 Å². The number of benzene rings is 1. The first kappa shape index (κ1) is 13.1. The first-order chi connectivity index (χ1) is 8.08. The summed E-state index contributed by atoms with van der Waals surface area (Å²) >= 11 is 0. The average Bonchev–Trinajstić information content (AvgIpc) is 2.32. The molecule has 92 valence electrons. The van der Waals surface area contributed by atoms with Gasteiger partial charge in [-0.3, -0.25) is 4.79 Å². The lowest BCUT2D eigenvalue weighted by atomic mass is 10.3. The number of nitrogens with one attached hydrogen (secondary N) is 2. The lowest BCUT2D eigenvalue weighted by molar-refractivity contribution is -0.117. The molecule has 0 saturated heterocycles. The predicted octanol–water partition coefficient (Wildman–Crippen LogP) is 1.48. The highest BCUT2D eigenvalue weighted by atomic mass is 19.2. The third-order valence-corrected chi connectivity index (χ3v) is 2.05. The Morgan fingerprint density at radius 1 is 1.53 bits per heavy atom. The van der Waals surface area contributed by atoms with Crippen molar-refractivity contribution in [2.45, 2.75) is 0 Å². The number of anilines is 1. The van der Waals surface area contributed by atoms with Gasteiger partial charge in [0.05, 0.1) is 5.69 Å². The van der Waals surface area contributed by atoms with Gasteiger partial charge in [0.2, 0.25) is 5.91 Å². The van der Waals surface area contributed by atoms with E-state index in [-0.39, 0.29) is 12.2 Å². The maximum atomic E-state index is 13.2. The molecule has 1 aromatic carbocycles. The van der Waals surface area contributed by atoms with Crippen molar-refractivity contribution in [3.05, 3.63) is 42.6 Å². The van der Waals surface area contributed by atoms with Gasteiger partial charge in [-0.05, 0) is 12.1 Å². The number of halogens is 2. The number of hydrazine groups is 1. The number of rotatable bonds is 5. The Balaban J connectivity index is 2.68. The molecule has 0 aliphatic rings. The maximum Gasteiger partial charge on any atom is 0.245 e. The van der Waals surface area contributed by atoms with Gasteiger partial charge in [0.15, 0.2) is 11.6 Å². The van der Waals surface area contributed by atoms with Gasteiger partial charge in [0, 0.05) is 13.2 Å². The average molecular weight is 241 g/mol. The lowest BCUT2D eigenvalue weighted by Crippen LogP contribution is -2.37. The summed E-state index contributed by atoms with van der Waals surface area (Å²) in [5.41, 5.74) is 2.50. The molecule has 0 radical (unpaired) electrons. The SMILES string of the molecule is C=CN(CC(=O)Nc1cccc(F)c1F)NC. The Morgan fingerprint density at radius 2 is 2.24 bits per heavy atom. The maximum absolute atomic E-state index is 13.2. The zero-order chi connectivity index (χ0) is 12.8. The van der Waals surface area contributed by atoms with Crippen LogP contribution in [0.2, 0.25) is 0 Å². The fraction of sp³-hybridized carbons (Fsp3) is 0.182. The van der Waals surface area contributed by atoms with Crippen LogP contribution in [-0.4, -0.2) is 24.5 Å². The third kappa shape index (κ3) is 3.53. The summed E-state index contributed by atoms with van der Waals surface area (Å²) in [5.74, 6) is -2.56. The number of carbonyl (C=O) groups is 1. The van der Waals surface area contributed by atoms with Gasteiger partial charge in [-0.25, -0.2) is 14.2 Å². The van der Waals surface area contributed by atoms with Crippen molar-refractivity contribution in [1.82, 2.24) is 10.4 Å². The minimum absolute atomic E-state index is 0.0596. The smallest absolute Gasteiger partial charge is 0.245 e. The summed E-state index contributed by atoms with van der Waals surface area (Å²) in [6, 6.07) is 3.58. The molecule has 1 rings (SSSR count). The van der Waals surface area contributed by atoms with Crippen LogP contribution in [0.5, 0.6) is 0 Å². The summed E-state index contributed by atoms with van der Waals surface area (Å²) < 4.78 is 26.1. The number of hydrogen-bond acceptors (Lipinski definition) is 3. The molecule has 0 heterocycles. The van der Waals surface area contributed by atoms with Gasteiger partial charge < -0.3 is 10.3 Å². The first-order valence-electron chi connectivity index (χ1n) is 4.89. The molecule has 6 heteroatoms. The summed E-state index contributed by atoms with van der Waals surface area (Å²) in [7, 11) is 1.61. The monoisotopic (exact) mass is 241 g/mol. The van der Waals surface area contributed by atoms with Crippen LogP contribution in [0, 0.1) is 11.6 Å². The molecular formula is C11H13F2N3O.